The Bertz CT molecular complexity index is 587. The van der Waals surface area contributed by atoms with Crippen molar-refractivity contribution in [3.8, 4) is 11.3 Å². The Morgan fingerprint density at radius 2 is 2.00 bits per heavy atom. The minimum absolute atomic E-state index is 0.174. The Kier molecular flexibility index (Phi) is 2.98. The molecule has 0 amide bonds. The largest absolute Gasteiger partial charge is 0.382 e. The zero-order valence-corrected chi connectivity index (χ0v) is 10.7. The minimum Gasteiger partial charge on any atom is -0.382 e. The summed E-state index contributed by atoms with van der Waals surface area (Å²) in [5.74, 6) is 6.90. The number of nitrogens with two attached hydrogens (primary N) is 2. The topological polar surface area (TPSA) is 69.9 Å². The number of rotatable bonds is 2. The molecule has 18 heavy (non-hydrogen) atoms. The van der Waals surface area contributed by atoms with E-state index in [9.17, 15) is 4.39 Å². The zero-order valence-electron chi connectivity index (χ0n) is 10.7. The average Bonchev–Trinajstić information content (AvgIpc) is 2.60. The van der Waals surface area contributed by atoms with Crippen LogP contribution in [-0.4, -0.2) is 9.66 Å². The van der Waals surface area contributed by atoms with E-state index in [1.165, 1.54) is 10.7 Å². The number of aromatic nitrogens is 2. The molecule has 0 bridgehead atoms. The van der Waals surface area contributed by atoms with Crippen molar-refractivity contribution >= 4 is 5.82 Å². The Morgan fingerprint density at radius 3 is 2.50 bits per heavy atom. The second kappa shape index (κ2) is 4.33. The number of nitrogen functional groups attached to an aromatic ring is 2. The van der Waals surface area contributed by atoms with Gasteiger partial charge < -0.3 is 11.6 Å². The van der Waals surface area contributed by atoms with Gasteiger partial charge in [-0.15, -0.1) is 0 Å². The van der Waals surface area contributed by atoms with Gasteiger partial charge in [0, 0.05) is 11.5 Å². The fourth-order valence-electron chi connectivity index (χ4n) is 1.87. The normalized spacial score (nSPS) is 11.2. The van der Waals surface area contributed by atoms with Crippen molar-refractivity contribution in [3.63, 3.8) is 0 Å². The molecule has 96 valence electrons. The third kappa shape index (κ3) is 1.92. The molecule has 0 saturated carbocycles. The van der Waals surface area contributed by atoms with Crippen LogP contribution in [0.1, 0.15) is 31.2 Å². The van der Waals surface area contributed by atoms with E-state index in [2.05, 4.69) is 4.98 Å². The number of halogens is 1. The van der Waals surface area contributed by atoms with Crippen LogP contribution in [0.4, 0.5) is 10.2 Å². The molecule has 1 aromatic heterocycles. The molecule has 5 heteroatoms. The van der Waals surface area contributed by atoms with Gasteiger partial charge in [-0.3, -0.25) is 0 Å². The van der Waals surface area contributed by atoms with Gasteiger partial charge in [0.25, 0.3) is 0 Å². The molecule has 1 heterocycles. The van der Waals surface area contributed by atoms with Crippen LogP contribution in [0.2, 0.25) is 0 Å². The van der Waals surface area contributed by atoms with Crippen LogP contribution >= 0.6 is 0 Å². The van der Waals surface area contributed by atoms with Gasteiger partial charge in [-0.1, -0.05) is 13.8 Å². The van der Waals surface area contributed by atoms with Gasteiger partial charge in [0.2, 0.25) is 0 Å². The van der Waals surface area contributed by atoms with Crippen molar-refractivity contribution in [3.05, 3.63) is 35.4 Å². The molecule has 0 atom stereocenters. The predicted octanol–water partition coefficient (Wildman–Crippen LogP) is 2.42. The van der Waals surface area contributed by atoms with Crippen molar-refractivity contribution in [2.45, 2.75) is 26.7 Å². The molecular formula is C13H17FN4. The van der Waals surface area contributed by atoms with E-state index < -0.39 is 0 Å². The number of nitrogens with zero attached hydrogens (tertiary/aromatic N) is 2. The fraction of sp³-hybridized carbons (Fsp3) is 0.308. The highest BCUT2D eigenvalue weighted by atomic mass is 19.1. The van der Waals surface area contributed by atoms with E-state index in [0.29, 0.717) is 22.9 Å². The Hall–Kier alpha value is -2.04. The summed E-state index contributed by atoms with van der Waals surface area (Å²) in [7, 11) is 0. The van der Waals surface area contributed by atoms with Gasteiger partial charge in [-0.05, 0) is 30.7 Å². The average molecular weight is 248 g/mol. The smallest absolute Gasteiger partial charge is 0.150 e. The highest BCUT2D eigenvalue weighted by Crippen LogP contribution is 2.28. The molecule has 0 aliphatic heterocycles. The summed E-state index contributed by atoms with van der Waals surface area (Å²) in [6.07, 6.45) is 0. The molecule has 1 aromatic carbocycles. The minimum atomic E-state index is -0.242. The lowest BCUT2D eigenvalue weighted by molar-refractivity contribution is 0.619. The second-order valence-electron chi connectivity index (χ2n) is 4.69. The van der Waals surface area contributed by atoms with Gasteiger partial charge in [-0.25, -0.2) is 14.1 Å². The lowest BCUT2D eigenvalue weighted by Crippen LogP contribution is -2.16. The molecule has 0 aliphatic carbocycles. The zero-order chi connectivity index (χ0) is 13.4. The summed E-state index contributed by atoms with van der Waals surface area (Å²) >= 11 is 0. The third-order valence-corrected chi connectivity index (χ3v) is 2.92. The molecule has 0 unspecified atom stereocenters. The number of anilines is 1. The molecule has 4 N–H and O–H groups in total. The van der Waals surface area contributed by atoms with E-state index in [0.717, 1.165) is 5.56 Å². The van der Waals surface area contributed by atoms with Gasteiger partial charge in [0.15, 0.2) is 5.82 Å². The lowest BCUT2D eigenvalue weighted by Gasteiger charge is -2.04. The highest BCUT2D eigenvalue weighted by molar-refractivity contribution is 5.71. The maximum Gasteiger partial charge on any atom is 0.150 e. The first-order valence-corrected chi connectivity index (χ1v) is 5.81. The van der Waals surface area contributed by atoms with E-state index in [1.54, 1.807) is 19.1 Å². The number of aryl methyl sites for hydroxylation is 1. The SMILES string of the molecule is Cc1cc(-c2nc(C(C)C)n(N)c2N)ccc1F. The number of hydrogen-bond acceptors (Lipinski definition) is 3. The van der Waals surface area contributed by atoms with Gasteiger partial charge >= 0.3 is 0 Å². The van der Waals surface area contributed by atoms with E-state index in [-0.39, 0.29) is 11.7 Å². The maximum absolute atomic E-state index is 13.2. The van der Waals surface area contributed by atoms with Crippen LogP contribution < -0.4 is 11.6 Å². The van der Waals surface area contributed by atoms with Crippen LogP contribution in [0, 0.1) is 12.7 Å². The molecule has 0 fully saturated rings. The van der Waals surface area contributed by atoms with Crippen LogP contribution in [0.25, 0.3) is 11.3 Å². The standard InChI is InChI=1S/C13H17FN4/c1-7(2)13-17-11(12(15)18(13)16)9-4-5-10(14)8(3)6-9/h4-7H,15-16H2,1-3H3. The Balaban J connectivity index is 2.57. The quantitative estimate of drug-likeness (QED) is 0.802. The van der Waals surface area contributed by atoms with Crippen molar-refractivity contribution < 1.29 is 4.39 Å². The van der Waals surface area contributed by atoms with Gasteiger partial charge in [0.05, 0.1) is 0 Å². The molecule has 2 aromatic rings. The predicted molar refractivity (Wildman–Crippen MR) is 71.0 cm³/mol. The Morgan fingerprint density at radius 1 is 1.33 bits per heavy atom. The van der Waals surface area contributed by atoms with Gasteiger partial charge in [0.1, 0.15) is 17.3 Å². The van der Waals surface area contributed by atoms with Crippen molar-refractivity contribution in [1.82, 2.24) is 9.66 Å². The van der Waals surface area contributed by atoms with Crippen molar-refractivity contribution in [1.29, 1.82) is 0 Å². The van der Waals surface area contributed by atoms with E-state index >= 15 is 0 Å². The highest BCUT2D eigenvalue weighted by Gasteiger charge is 2.17. The first kappa shape index (κ1) is 12.4. The van der Waals surface area contributed by atoms with Crippen LogP contribution in [0.5, 0.6) is 0 Å². The lowest BCUT2D eigenvalue weighted by atomic mass is 10.1. The summed E-state index contributed by atoms with van der Waals surface area (Å²) in [6.45, 7) is 5.69. The Labute approximate surface area is 105 Å². The van der Waals surface area contributed by atoms with E-state index in [1.807, 2.05) is 13.8 Å². The van der Waals surface area contributed by atoms with Crippen LogP contribution in [0.15, 0.2) is 18.2 Å². The summed E-state index contributed by atoms with van der Waals surface area (Å²) in [5, 5.41) is 0. The monoisotopic (exact) mass is 248 g/mol. The summed E-state index contributed by atoms with van der Waals surface area (Å²) in [5.41, 5.74) is 7.88. The number of hydrogen-bond donors (Lipinski definition) is 2. The first-order valence-electron chi connectivity index (χ1n) is 5.81. The molecule has 4 nitrogen and oxygen atoms in total. The third-order valence-electron chi connectivity index (χ3n) is 2.92. The van der Waals surface area contributed by atoms with Gasteiger partial charge in [-0.2, -0.15) is 0 Å². The maximum atomic E-state index is 13.2. The fourth-order valence-corrected chi connectivity index (χ4v) is 1.87. The van der Waals surface area contributed by atoms with Crippen LogP contribution in [-0.2, 0) is 0 Å². The van der Waals surface area contributed by atoms with E-state index in [4.69, 9.17) is 11.6 Å². The molecular weight excluding hydrogens is 231 g/mol. The molecule has 0 saturated heterocycles. The molecule has 0 aliphatic rings. The van der Waals surface area contributed by atoms with Crippen molar-refractivity contribution in [2.75, 3.05) is 11.6 Å². The molecule has 0 radical (unpaired) electrons. The summed E-state index contributed by atoms with van der Waals surface area (Å²) in [6, 6.07) is 4.79. The van der Waals surface area contributed by atoms with Crippen molar-refractivity contribution in [2.24, 2.45) is 0 Å². The summed E-state index contributed by atoms with van der Waals surface area (Å²) in [4.78, 5) is 4.44. The second-order valence-corrected chi connectivity index (χ2v) is 4.69. The van der Waals surface area contributed by atoms with Crippen LogP contribution in [0.3, 0.4) is 0 Å². The number of benzene rings is 1. The molecule has 0 spiro atoms. The number of imidazole rings is 1. The first-order chi connectivity index (χ1) is 8.41. The molecule has 2 rings (SSSR count). The summed E-state index contributed by atoms with van der Waals surface area (Å²) < 4.78 is 14.6.